The maximum absolute atomic E-state index is 11.8. The van der Waals surface area contributed by atoms with E-state index in [9.17, 15) is 14.9 Å². The number of hydrogen-bond acceptors (Lipinski definition) is 5. The average molecular weight is 329 g/mol. The summed E-state index contributed by atoms with van der Waals surface area (Å²) in [7, 11) is 0. The van der Waals surface area contributed by atoms with E-state index in [0.717, 1.165) is 5.56 Å². The number of carbonyl (C=O) groups is 1. The Morgan fingerprint density at radius 3 is 2.29 bits per heavy atom. The normalized spacial score (nSPS) is 10.5. The van der Waals surface area contributed by atoms with Gasteiger partial charge in [-0.2, -0.15) is 0 Å². The van der Waals surface area contributed by atoms with Crippen molar-refractivity contribution in [2.24, 2.45) is 0 Å². The summed E-state index contributed by atoms with van der Waals surface area (Å²) in [6.45, 7) is 5.99. The molecule has 0 radical (unpaired) electrons. The van der Waals surface area contributed by atoms with Crippen molar-refractivity contribution in [3.8, 4) is 11.5 Å². The number of esters is 1. The van der Waals surface area contributed by atoms with Crippen molar-refractivity contribution in [3.05, 3.63) is 63.7 Å². The molecule has 0 aliphatic rings. The number of benzene rings is 2. The molecular weight excluding hydrogens is 310 g/mol. The lowest BCUT2D eigenvalue weighted by molar-refractivity contribution is -0.384. The van der Waals surface area contributed by atoms with Crippen LogP contribution in [0, 0.1) is 17.0 Å². The van der Waals surface area contributed by atoms with Crippen LogP contribution in [0.25, 0.3) is 0 Å². The molecule has 0 bridgehead atoms. The molecule has 0 N–H and O–H groups in total. The predicted molar refractivity (Wildman–Crippen MR) is 89.5 cm³/mol. The van der Waals surface area contributed by atoms with Crippen LogP contribution in [0.2, 0.25) is 0 Å². The van der Waals surface area contributed by atoms with E-state index in [4.69, 9.17) is 9.47 Å². The third-order valence-corrected chi connectivity index (χ3v) is 3.50. The SMILES string of the molecule is Cc1cc(OCC(=O)Oc2ccc([N+](=O)[O-])cc2)ccc1C(C)C. The van der Waals surface area contributed by atoms with Crippen LogP contribution >= 0.6 is 0 Å². The van der Waals surface area contributed by atoms with Gasteiger partial charge in [-0.15, -0.1) is 0 Å². The Balaban J connectivity index is 1.91. The van der Waals surface area contributed by atoms with Crippen LogP contribution in [-0.2, 0) is 4.79 Å². The van der Waals surface area contributed by atoms with Gasteiger partial charge in [0.25, 0.3) is 5.69 Å². The van der Waals surface area contributed by atoms with Crippen molar-refractivity contribution in [1.82, 2.24) is 0 Å². The van der Waals surface area contributed by atoms with Gasteiger partial charge in [-0.3, -0.25) is 10.1 Å². The second-order valence-corrected chi connectivity index (χ2v) is 5.69. The highest BCUT2D eigenvalue weighted by atomic mass is 16.6. The number of rotatable bonds is 6. The first kappa shape index (κ1) is 17.5. The summed E-state index contributed by atoms with van der Waals surface area (Å²) < 4.78 is 10.5. The van der Waals surface area contributed by atoms with Crippen LogP contribution in [0.15, 0.2) is 42.5 Å². The Morgan fingerprint density at radius 2 is 1.75 bits per heavy atom. The fourth-order valence-corrected chi connectivity index (χ4v) is 2.32. The molecule has 0 amide bonds. The lowest BCUT2D eigenvalue weighted by Crippen LogP contribution is -2.17. The number of carbonyl (C=O) groups excluding carboxylic acids is 1. The van der Waals surface area contributed by atoms with E-state index in [2.05, 4.69) is 13.8 Å². The number of nitro benzene ring substituents is 1. The van der Waals surface area contributed by atoms with Crippen LogP contribution in [0.1, 0.15) is 30.9 Å². The first-order valence-electron chi connectivity index (χ1n) is 7.55. The Labute approximate surface area is 140 Å². The van der Waals surface area contributed by atoms with E-state index in [1.807, 2.05) is 25.1 Å². The molecule has 6 heteroatoms. The standard InChI is InChI=1S/C18H19NO5/c1-12(2)17-9-8-16(10-13(17)3)23-11-18(20)24-15-6-4-14(5-7-15)19(21)22/h4-10,12H,11H2,1-3H3. The van der Waals surface area contributed by atoms with Crippen molar-refractivity contribution in [2.45, 2.75) is 26.7 Å². The topological polar surface area (TPSA) is 78.7 Å². The molecule has 0 aliphatic carbocycles. The molecule has 0 spiro atoms. The molecule has 126 valence electrons. The van der Waals surface area contributed by atoms with E-state index in [1.165, 1.54) is 29.8 Å². The third-order valence-electron chi connectivity index (χ3n) is 3.50. The number of nitro groups is 1. The molecule has 6 nitrogen and oxygen atoms in total. The Morgan fingerprint density at radius 1 is 1.12 bits per heavy atom. The number of nitrogens with zero attached hydrogens (tertiary/aromatic N) is 1. The van der Waals surface area contributed by atoms with Gasteiger partial charge in [0.1, 0.15) is 11.5 Å². The second-order valence-electron chi connectivity index (χ2n) is 5.69. The van der Waals surface area contributed by atoms with Crippen molar-refractivity contribution >= 4 is 11.7 Å². The minimum atomic E-state index is -0.575. The summed E-state index contributed by atoms with van der Waals surface area (Å²) in [4.78, 5) is 21.8. The molecular formula is C18H19NO5. The lowest BCUT2D eigenvalue weighted by Gasteiger charge is -2.12. The monoisotopic (exact) mass is 329 g/mol. The maximum atomic E-state index is 11.8. The molecule has 0 atom stereocenters. The van der Waals surface area contributed by atoms with Crippen molar-refractivity contribution in [2.75, 3.05) is 6.61 Å². The van der Waals surface area contributed by atoms with Gasteiger partial charge in [-0.25, -0.2) is 4.79 Å². The zero-order valence-corrected chi connectivity index (χ0v) is 13.8. The van der Waals surface area contributed by atoms with Crippen LogP contribution < -0.4 is 9.47 Å². The molecule has 0 unspecified atom stereocenters. The molecule has 2 aromatic carbocycles. The van der Waals surface area contributed by atoms with E-state index >= 15 is 0 Å². The van der Waals surface area contributed by atoms with E-state index in [1.54, 1.807) is 0 Å². The number of aryl methyl sites for hydroxylation is 1. The number of ether oxygens (including phenoxy) is 2. The molecule has 2 aromatic rings. The molecule has 0 saturated carbocycles. The smallest absolute Gasteiger partial charge is 0.349 e. The molecule has 2 rings (SSSR count). The maximum Gasteiger partial charge on any atom is 0.349 e. The molecule has 0 aliphatic heterocycles. The van der Waals surface area contributed by atoms with Gasteiger partial charge < -0.3 is 9.47 Å². The molecule has 0 saturated heterocycles. The zero-order chi connectivity index (χ0) is 17.7. The fraction of sp³-hybridized carbons (Fsp3) is 0.278. The quantitative estimate of drug-likeness (QED) is 0.346. The van der Waals surface area contributed by atoms with Crippen LogP contribution in [0.4, 0.5) is 5.69 Å². The largest absolute Gasteiger partial charge is 0.482 e. The summed E-state index contributed by atoms with van der Waals surface area (Å²) in [5, 5.41) is 10.6. The number of non-ortho nitro benzene ring substituents is 1. The lowest BCUT2D eigenvalue weighted by atomic mass is 9.98. The Bertz CT molecular complexity index is 738. The highest BCUT2D eigenvalue weighted by Gasteiger charge is 2.10. The van der Waals surface area contributed by atoms with E-state index < -0.39 is 10.9 Å². The summed E-state index contributed by atoms with van der Waals surface area (Å²) >= 11 is 0. The Hall–Kier alpha value is -2.89. The third kappa shape index (κ3) is 4.55. The second kappa shape index (κ2) is 7.59. The number of hydrogen-bond donors (Lipinski definition) is 0. The van der Waals surface area contributed by atoms with Crippen LogP contribution in [-0.4, -0.2) is 17.5 Å². The van der Waals surface area contributed by atoms with Crippen molar-refractivity contribution in [1.29, 1.82) is 0 Å². The minimum absolute atomic E-state index is 0.0632. The van der Waals surface area contributed by atoms with Gasteiger partial charge >= 0.3 is 5.97 Å². The predicted octanol–water partition coefficient (Wildman–Crippen LogP) is 4.01. The minimum Gasteiger partial charge on any atom is -0.482 e. The van der Waals surface area contributed by atoms with Gasteiger partial charge in [-0.1, -0.05) is 19.9 Å². The van der Waals surface area contributed by atoms with E-state index in [0.29, 0.717) is 11.7 Å². The van der Waals surface area contributed by atoms with Crippen LogP contribution in [0.3, 0.4) is 0 Å². The van der Waals surface area contributed by atoms with Crippen LogP contribution in [0.5, 0.6) is 11.5 Å². The van der Waals surface area contributed by atoms with Gasteiger partial charge in [0.2, 0.25) is 0 Å². The summed E-state index contributed by atoms with van der Waals surface area (Å²) in [5.41, 5.74) is 2.27. The molecule has 24 heavy (non-hydrogen) atoms. The van der Waals surface area contributed by atoms with Gasteiger partial charge in [0.05, 0.1) is 4.92 Å². The Kier molecular flexibility index (Phi) is 5.52. The summed E-state index contributed by atoms with van der Waals surface area (Å²) in [5.74, 6) is 0.679. The molecule has 0 fully saturated rings. The summed E-state index contributed by atoms with van der Waals surface area (Å²) in [6.07, 6.45) is 0. The fourth-order valence-electron chi connectivity index (χ4n) is 2.32. The van der Waals surface area contributed by atoms with Crippen molar-refractivity contribution in [3.63, 3.8) is 0 Å². The summed E-state index contributed by atoms with van der Waals surface area (Å²) in [6, 6.07) is 11.0. The average Bonchev–Trinajstić information content (AvgIpc) is 2.53. The zero-order valence-electron chi connectivity index (χ0n) is 13.8. The highest BCUT2D eigenvalue weighted by molar-refractivity contribution is 5.74. The molecule has 0 aromatic heterocycles. The van der Waals surface area contributed by atoms with Gasteiger partial charge in [-0.05, 0) is 48.2 Å². The molecule has 0 heterocycles. The van der Waals surface area contributed by atoms with Crippen molar-refractivity contribution < 1.29 is 19.2 Å². The van der Waals surface area contributed by atoms with Gasteiger partial charge in [0.15, 0.2) is 6.61 Å². The first-order chi connectivity index (χ1) is 11.4. The van der Waals surface area contributed by atoms with Gasteiger partial charge in [0, 0.05) is 12.1 Å². The van der Waals surface area contributed by atoms with E-state index in [-0.39, 0.29) is 18.0 Å². The first-order valence-corrected chi connectivity index (χ1v) is 7.55. The highest BCUT2D eigenvalue weighted by Crippen LogP contribution is 2.23.